The number of carbonyl (C=O) groups is 1. The second kappa shape index (κ2) is 8.31. The molecule has 0 fully saturated rings. The summed E-state index contributed by atoms with van der Waals surface area (Å²) in [5.41, 5.74) is 3.50. The van der Waals surface area contributed by atoms with Crippen LogP contribution < -0.4 is 4.90 Å². The third-order valence-corrected chi connectivity index (χ3v) is 6.01. The molecule has 8 heteroatoms. The van der Waals surface area contributed by atoms with Gasteiger partial charge in [-0.05, 0) is 36.6 Å². The van der Waals surface area contributed by atoms with E-state index in [1.54, 1.807) is 9.58 Å². The van der Waals surface area contributed by atoms with Gasteiger partial charge in [0.05, 0.1) is 17.0 Å². The average Bonchev–Trinajstić information content (AvgIpc) is 3.33. The second-order valence-corrected chi connectivity index (χ2v) is 8.07. The van der Waals surface area contributed by atoms with Gasteiger partial charge in [-0.1, -0.05) is 60.2 Å². The molecule has 0 aliphatic carbocycles. The molecule has 33 heavy (non-hydrogen) atoms. The van der Waals surface area contributed by atoms with Gasteiger partial charge in [0.1, 0.15) is 6.33 Å². The number of carbonyl (C=O) groups excluding carboxylic acids is 1. The molecule has 3 aromatic carbocycles. The van der Waals surface area contributed by atoms with Crippen LogP contribution in [0.25, 0.3) is 0 Å². The lowest BCUT2D eigenvalue weighted by Gasteiger charge is -2.39. The maximum atomic E-state index is 13.7. The predicted octanol–water partition coefficient (Wildman–Crippen LogP) is 4.88. The van der Waals surface area contributed by atoms with Gasteiger partial charge in [-0.3, -0.25) is 19.8 Å². The minimum atomic E-state index is -0.481. The van der Waals surface area contributed by atoms with Gasteiger partial charge in [0.15, 0.2) is 0 Å². The molecular formula is C25H21N5O3. The Morgan fingerprint density at radius 1 is 0.939 bits per heavy atom. The number of rotatable bonds is 4. The minimum absolute atomic E-state index is 0.0624. The van der Waals surface area contributed by atoms with E-state index in [9.17, 15) is 14.9 Å². The third-order valence-electron chi connectivity index (χ3n) is 6.01. The Morgan fingerprint density at radius 2 is 1.61 bits per heavy atom. The fourth-order valence-corrected chi connectivity index (χ4v) is 4.32. The first-order valence-corrected chi connectivity index (χ1v) is 10.6. The van der Waals surface area contributed by atoms with Crippen molar-refractivity contribution in [3.05, 3.63) is 118 Å². The Morgan fingerprint density at radius 3 is 2.27 bits per heavy atom. The topological polar surface area (TPSA) is 94.2 Å². The van der Waals surface area contributed by atoms with Gasteiger partial charge in [-0.25, -0.2) is 4.68 Å². The summed E-state index contributed by atoms with van der Waals surface area (Å²) in [5.74, 6) is 0.167. The number of nitro benzene ring substituents is 1. The van der Waals surface area contributed by atoms with Crippen molar-refractivity contribution in [2.24, 2.45) is 0 Å². The molecule has 1 aromatic heterocycles. The quantitative estimate of drug-likeness (QED) is 0.334. The lowest BCUT2D eigenvalue weighted by Crippen LogP contribution is -2.42. The summed E-state index contributed by atoms with van der Waals surface area (Å²) in [7, 11) is 0. The molecule has 2 heterocycles. The molecule has 0 spiro atoms. The van der Waals surface area contributed by atoms with Crippen LogP contribution in [0.2, 0.25) is 0 Å². The molecule has 8 nitrogen and oxygen atoms in total. The molecule has 4 aromatic rings. The normalized spacial score (nSPS) is 17.4. The largest absolute Gasteiger partial charge is 0.269 e. The number of hydrogen-bond donors (Lipinski definition) is 0. The van der Waals surface area contributed by atoms with Crippen molar-refractivity contribution in [1.29, 1.82) is 0 Å². The van der Waals surface area contributed by atoms with Crippen molar-refractivity contribution in [2.45, 2.75) is 25.4 Å². The van der Waals surface area contributed by atoms with Crippen molar-refractivity contribution >= 4 is 17.5 Å². The first kappa shape index (κ1) is 20.6. The molecule has 1 aliphatic heterocycles. The first-order chi connectivity index (χ1) is 16.0. The zero-order chi connectivity index (χ0) is 22.9. The van der Waals surface area contributed by atoms with Crippen LogP contribution in [0.4, 0.5) is 11.6 Å². The highest BCUT2D eigenvalue weighted by Crippen LogP contribution is 2.42. The molecule has 1 amide bonds. The highest BCUT2D eigenvalue weighted by atomic mass is 16.6. The number of aromatic nitrogens is 3. The summed E-state index contributed by atoms with van der Waals surface area (Å²) in [6.45, 7) is 2.02. The summed E-state index contributed by atoms with van der Waals surface area (Å²) < 4.78 is 1.78. The van der Waals surface area contributed by atoms with E-state index in [2.05, 4.69) is 22.2 Å². The number of anilines is 1. The Balaban J connectivity index is 1.62. The Hall–Kier alpha value is -4.33. The minimum Gasteiger partial charge on any atom is -0.269 e. The van der Waals surface area contributed by atoms with E-state index in [0.29, 0.717) is 17.9 Å². The number of benzene rings is 3. The molecule has 0 N–H and O–H groups in total. The number of non-ortho nitro benzene ring substituents is 1. The number of hydrogen-bond acceptors (Lipinski definition) is 5. The van der Waals surface area contributed by atoms with E-state index in [0.717, 1.165) is 16.7 Å². The van der Waals surface area contributed by atoms with Gasteiger partial charge in [0.25, 0.3) is 11.6 Å². The van der Waals surface area contributed by atoms with E-state index < -0.39 is 4.92 Å². The van der Waals surface area contributed by atoms with Crippen molar-refractivity contribution in [1.82, 2.24) is 14.8 Å². The van der Waals surface area contributed by atoms with Crippen LogP contribution in [0.3, 0.4) is 0 Å². The second-order valence-electron chi connectivity index (χ2n) is 8.07. The SMILES string of the molecule is Cc1ccc([C@@H]2C[C@H](c3ccccc3)n3ncnc3N2C(=O)c2ccc([N+](=O)[O-])cc2)cc1. The fourth-order valence-electron chi connectivity index (χ4n) is 4.32. The highest BCUT2D eigenvalue weighted by Gasteiger charge is 2.39. The van der Waals surface area contributed by atoms with Crippen LogP contribution in [0.15, 0.2) is 85.2 Å². The third kappa shape index (κ3) is 3.76. The number of nitrogens with zero attached hydrogens (tertiary/aromatic N) is 5. The lowest BCUT2D eigenvalue weighted by molar-refractivity contribution is -0.384. The maximum absolute atomic E-state index is 13.7. The fraction of sp³-hybridized carbons (Fsp3) is 0.160. The summed E-state index contributed by atoms with van der Waals surface area (Å²) in [4.78, 5) is 30.4. The molecule has 0 saturated heterocycles. The maximum Gasteiger partial charge on any atom is 0.269 e. The van der Waals surface area contributed by atoms with Crippen LogP contribution >= 0.6 is 0 Å². The predicted molar refractivity (Wildman–Crippen MR) is 123 cm³/mol. The van der Waals surface area contributed by atoms with Gasteiger partial charge >= 0.3 is 0 Å². The van der Waals surface area contributed by atoms with E-state index >= 15 is 0 Å². The Labute approximate surface area is 190 Å². The number of nitro groups is 1. The van der Waals surface area contributed by atoms with Crippen LogP contribution in [-0.4, -0.2) is 25.6 Å². The molecule has 0 bridgehead atoms. The van der Waals surface area contributed by atoms with Crippen molar-refractivity contribution in [3.63, 3.8) is 0 Å². The average molecular weight is 439 g/mol. The van der Waals surface area contributed by atoms with Gasteiger partial charge in [-0.2, -0.15) is 10.1 Å². The van der Waals surface area contributed by atoms with Gasteiger partial charge < -0.3 is 0 Å². The highest BCUT2D eigenvalue weighted by molar-refractivity contribution is 6.06. The van der Waals surface area contributed by atoms with Crippen LogP contribution in [0.5, 0.6) is 0 Å². The van der Waals surface area contributed by atoms with Crippen molar-refractivity contribution in [3.8, 4) is 0 Å². The molecule has 0 saturated carbocycles. The summed E-state index contributed by atoms with van der Waals surface area (Å²) in [6, 6.07) is 23.4. The zero-order valence-electron chi connectivity index (χ0n) is 17.9. The van der Waals surface area contributed by atoms with Gasteiger partial charge in [0, 0.05) is 17.7 Å². The number of aryl methyl sites for hydroxylation is 1. The molecular weight excluding hydrogens is 418 g/mol. The van der Waals surface area contributed by atoms with E-state index in [4.69, 9.17) is 0 Å². The van der Waals surface area contributed by atoms with Crippen molar-refractivity contribution in [2.75, 3.05) is 4.90 Å². The van der Waals surface area contributed by atoms with E-state index in [1.807, 2.05) is 49.4 Å². The summed E-state index contributed by atoms with van der Waals surface area (Å²) >= 11 is 0. The van der Waals surface area contributed by atoms with Crippen molar-refractivity contribution < 1.29 is 9.72 Å². The summed E-state index contributed by atoms with van der Waals surface area (Å²) in [5, 5.41) is 15.5. The molecule has 2 atom stereocenters. The molecule has 0 unspecified atom stereocenters. The molecule has 5 rings (SSSR count). The van der Waals surface area contributed by atoms with Gasteiger partial charge in [-0.15, -0.1) is 0 Å². The monoisotopic (exact) mass is 439 g/mol. The van der Waals surface area contributed by atoms with Crippen LogP contribution in [-0.2, 0) is 0 Å². The number of amides is 1. The smallest absolute Gasteiger partial charge is 0.269 e. The number of fused-ring (bicyclic) bond motifs is 1. The standard InChI is InChI=1S/C25H21N5O3/c1-17-7-9-19(10-8-17)22-15-23(18-5-3-2-4-6-18)29-25(26-16-27-29)28(22)24(31)20-11-13-21(14-12-20)30(32)33/h2-14,16,22-23H,15H2,1H3/t22-,23+/m0/s1. The molecule has 164 valence electrons. The summed E-state index contributed by atoms with van der Waals surface area (Å²) in [6.07, 6.45) is 2.07. The molecule has 0 radical (unpaired) electrons. The molecule has 1 aliphatic rings. The Bertz CT molecular complexity index is 1300. The van der Waals surface area contributed by atoms with E-state index in [1.165, 1.54) is 30.6 Å². The van der Waals surface area contributed by atoms with Crippen LogP contribution in [0.1, 0.15) is 45.6 Å². The zero-order valence-corrected chi connectivity index (χ0v) is 17.9. The van der Waals surface area contributed by atoms with Crippen LogP contribution in [0, 0.1) is 17.0 Å². The Kier molecular flexibility index (Phi) is 5.18. The first-order valence-electron chi connectivity index (χ1n) is 10.6. The van der Waals surface area contributed by atoms with E-state index in [-0.39, 0.29) is 23.7 Å². The lowest BCUT2D eigenvalue weighted by atomic mass is 9.91. The van der Waals surface area contributed by atoms with Gasteiger partial charge in [0.2, 0.25) is 5.95 Å².